The highest BCUT2D eigenvalue weighted by Crippen LogP contribution is 2.44. The van der Waals surface area contributed by atoms with Gasteiger partial charge < -0.3 is 19.9 Å². The van der Waals surface area contributed by atoms with Crippen molar-refractivity contribution in [3.63, 3.8) is 0 Å². The number of hydrogen-bond donors (Lipinski definition) is 2. The fourth-order valence-electron chi connectivity index (χ4n) is 3.69. The summed E-state index contributed by atoms with van der Waals surface area (Å²) in [5, 5.41) is 13.4. The molecular weight excluding hydrogens is 278 g/mol. The Balaban J connectivity index is 2.00. The molecule has 0 spiro atoms. The van der Waals surface area contributed by atoms with Crippen molar-refractivity contribution in [2.24, 2.45) is 0 Å². The summed E-state index contributed by atoms with van der Waals surface area (Å²) < 4.78 is 11.4. The number of benzene rings is 1. The minimum Gasteiger partial charge on any atom is -0.490 e. The highest BCUT2D eigenvalue weighted by Gasteiger charge is 2.45. The van der Waals surface area contributed by atoms with Crippen molar-refractivity contribution in [1.29, 1.82) is 0 Å². The predicted octanol–water partition coefficient (Wildman–Crippen LogP) is 2.40. The Hall–Kier alpha value is -1.52. The van der Waals surface area contributed by atoms with Crippen LogP contribution in [0.3, 0.4) is 0 Å². The Morgan fingerprint density at radius 2 is 2.00 bits per heavy atom. The highest BCUT2D eigenvalue weighted by molar-refractivity contribution is 5.48. The van der Waals surface area contributed by atoms with Crippen LogP contribution in [0.1, 0.15) is 32.3 Å². The molecule has 3 rings (SSSR count). The van der Waals surface area contributed by atoms with E-state index in [0.717, 1.165) is 30.9 Å². The topological polar surface area (TPSA) is 50.7 Å². The molecule has 4 heteroatoms. The Morgan fingerprint density at radius 3 is 2.77 bits per heavy atom. The van der Waals surface area contributed by atoms with E-state index in [1.807, 2.05) is 26.0 Å². The molecule has 1 aliphatic heterocycles. The lowest BCUT2D eigenvalue weighted by Gasteiger charge is -2.37. The SMILES string of the molecule is CCOc1ccc([C@@]23C=C[C@@H](O)C[C@@H]2NCC3)cc1OCC. The van der Waals surface area contributed by atoms with Crippen molar-refractivity contribution in [1.82, 2.24) is 5.32 Å². The molecule has 2 N–H and O–H groups in total. The Bertz CT molecular complexity index is 557. The van der Waals surface area contributed by atoms with Crippen molar-refractivity contribution in [2.45, 2.75) is 44.2 Å². The van der Waals surface area contributed by atoms with Gasteiger partial charge in [-0.2, -0.15) is 0 Å². The Kier molecular flexibility index (Phi) is 4.41. The molecule has 0 saturated carbocycles. The number of nitrogens with one attached hydrogen (secondary N) is 1. The molecule has 2 aliphatic rings. The standard InChI is InChI=1S/C18H25NO3/c1-3-21-15-6-5-13(11-16(15)22-4-2)18-8-7-14(20)12-17(18)19-10-9-18/h5-8,11,14,17,19-20H,3-4,9-10,12H2,1-2H3/t14-,17+,18+/m1/s1. The van der Waals surface area contributed by atoms with Crippen LogP contribution < -0.4 is 14.8 Å². The average molecular weight is 303 g/mol. The summed E-state index contributed by atoms with van der Waals surface area (Å²) in [4.78, 5) is 0. The van der Waals surface area contributed by atoms with Crippen LogP contribution in [-0.2, 0) is 5.41 Å². The molecular formula is C18H25NO3. The third-order valence-corrected chi connectivity index (χ3v) is 4.73. The van der Waals surface area contributed by atoms with Crippen molar-refractivity contribution in [3.05, 3.63) is 35.9 Å². The van der Waals surface area contributed by atoms with Crippen molar-refractivity contribution in [2.75, 3.05) is 19.8 Å². The van der Waals surface area contributed by atoms with Gasteiger partial charge in [0.15, 0.2) is 11.5 Å². The van der Waals surface area contributed by atoms with Crippen LogP contribution in [0.4, 0.5) is 0 Å². The van der Waals surface area contributed by atoms with E-state index in [1.165, 1.54) is 5.56 Å². The van der Waals surface area contributed by atoms with Crippen LogP contribution in [0.2, 0.25) is 0 Å². The molecule has 22 heavy (non-hydrogen) atoms. The average Bonchev–Trinajstić information content (AvgIpc) is 2.93. The summed E-state index contributed by atoms with van der Waals surface area (Å²) in [6.45, 7) is 6.18. The van der Waals surface area contributed by atoms with Gasteiger partial charge in [0.2, 0.25) is 0 Å². The van der Waals surface area contributed by atoms with Gasteiger partial charge in [-0.15, -0.1) is 0 Å². The normalized spacial score (nSPS) is 30.1. The third-order valence-electron chi connectivity index (χ3n) is 4.73. The first-order chi connectivity index (χ1) is 10.7. The molecule has 1 aromatic carbocycles. The maximum atomic E-state index is 9.90. The summed E-state index contributed by atoms with van der Waals surface area (Å²) in [6, 6.07) is 6.53. The molecule has 4 nitrogen and oxygen atoms in total. The second-order valence-corrected chi connectivity index (χ2v) is 5.99. The molecule has 1 saturated heterocycles. The summed E-state index contributed by atoms with van der Waals surface area (Å²) in [5.74, 6) is 1.60. The summed E-state index contributed by atoms with van der Waals surface area (Å²) in [7, 11) is 0. The largest absolute Gasteiger partial charge is 0.490 e. The van der Waals surface area contributed by atoms with Crippen LogP contribution in [0, 0.1) is 0 Å². The lowest BCUT2D eigenvalue weighted by atomic mass is 9.69. The maximum absolute atomic E-state index is 9.90. The van der Waals surface area contributed by atoms with E-state index >= 15 is 0 Å². The molecule has 3 atom stereocenters. The molecule has 1 fully saturated rings. The predicted molar refractivity (Wildman–Crippen MR) is 86.6 cm³/mol. The van der Waals surface area contributed by atoms with E-state index in [1.54, 1.807) is 0 Å². The number of aliphatic hydroxyl groups excluding tert-OH is 1. The lowest BCUT2D eigenvalue weighted by Crippen LogP contribution is -2.43. The van der Waals surface area contributed by atoms with E-state index < -0.39 is 0 Å². The Labute approximate surface area is 132 Å². The van der Waals surface area contributed by atoms with E-state index in [0.29, 0.717) is 13.2 Å². The molecule has 1 aliphatic carbocycles. The van der Waals surface area contributed by atoms with Crippen molar-refractivity contribution >= 4 is 0 Å². The van der Waals surface area contributed by atoms with Crippen molar-refractivity contribution < 1.29 is 14.6 Å². The van der Waals surface area contributed by atoms with Gasteiger partial charge >= 0.3 is 0 Å². The van der Waals surface area contributed by atoms with Crippen LogP contribution in [0.5, 0.6) is 11.5 Å². The quantitative estimate of drug-likeness (QED) is 0.820. The van der Waals surface area contributed by atoms with Gasteiger partial charge in [-0.25, -0.2) is 0 Å². The number of fused-ring (bicyclic) bond motifs is 1. The molecule has 0 bridgehead atoms. The van der Waals surface area contributed by atoms with E-state index in [2.05, 4.69) is 23.5 Å². The fourth-order valence-corrected chi connectivity index (χ4v) is 3.69. The molecule has 1 heterocycles. The zero-order valence-corrected chi connectivity index (χ0v) is 13.3. The molecule has 0 unspecified atom stereocenters. The van der Waals surface area contributed by atoms with Gasteiger partial charge in [-0.05, 0) is 50.9 Å². The molecule has 0 radical (unpaired) electrons. The monoisotopic (exact) mass is 303 g/mol. The Morgan fingerprint density at radius 1 is 1.23 bits per heavy atom. The smallest absolute Gasteiger partial charge is 0.161 e. The molecule has 120 valence electrons. The van der Waals surface area contributed by atoms with Crippen LogP contribution >= 0.6 is 0 Å². The number of ether oxygens (including phenoxy) is 2. The van der Waals surface area contributed by atoms with Gasteiger partial charge in [0.1, 0.15) is 0 Å². The van der Waals surface area contributed by atoms with E-state index in [9.17, 15) is 5.11 Å². The molecule has 0 amide bonds. The van der Waals surface area contributed by atoms with Gasteiger partial charge in [0.25, 0.3) is 0 Å². The zero-order valence-electron chi connectivity index (χ0n) is 13.3. The fraction of sp³-hybridized carbons (Fsp3) is 0.556. The summed E-state index contributed by atoms with van der Waals surface area (Å²) in [6.07, 6.45) is 5.56. The first-order valence-corrected chi connectivity index (χ1v) is 8.20. The van der Waals surface area contributed by atoms with Gasteiger partial charge in [0, 0.05) is 11.5 Å². The summed E-state index contributed by atoms with van der Waals surface area (Å²) >= 11 is 0. The second kappa shape index (κ2) is 6.31. The number of aliphatic hydroxyl groups is 1. The van der Waals surface area contributed by atoms with Crippen LogP contribution in [0.15, 0.2) is 30.4 Å². The number of hydrogen-bond acceptors (Lipinski definition) is 4. The molecule has 0 aromatic heterocycles. The van der Waals surface area contributed by atoms with E-state index in [-0.39, 0.29) is 17.6 Å². The first kappa shape index (κ1) is 15.4. The van der Waals surface area contributed by atoms with Crippen LogP contribution in [-0.4, -0.2) is 37.0 Å². The van der Waals surface area contributed by atoms with Crippen molar-refractivity contribution in [3.8, 4) is 11.5 Å². The maximum Gasteiger partial charge on any atom is 0.161 e. The van der Waals surface area contributed by atoms with E-state index in [4.69, 9.17) is 9.47 Å². The molecule has 1 aromatic rings. The zero-order chi connectivity index (χ0) is 15.6. The third kappa shape index (κ3) is 2.61. The second-order valence-electron chi connectivity index (χ2n) is 5.99. The minimum absolute atomic E-state index is 0.0458. The van der Waals surface area contributed by atoms with Crippen LogP contribution in [0.25, 0.3) is 0 Å². The van der Waals surface area contributed by atoms with Gasteiger partial charge in [-0.1, -0.05) is 18.2 Å². The number of rotatable bonds is 5. The van der Waals surface area contributed by atoms with Gasteiger partial charge in [0.05, 0.1) is 19.3 Å². The minimum atomic E-state index is -0.349. The first-order valence-electron chi connectivity index (χ1n) is 8.20. The highest BCUT2D eigenvalue weighted by atomic mass is 16.5. The van der Waals surface area contributed by atoms with Gasteiger partial charge in [-0.3, -0.25) is 0 Å². The lowest BCUT2D eigenvalue weighted by molar-refractivity contribution is 0.175. The summed E-state index contributed by atoms with van der Waals surface area (Å²) in [5.41, 5.74) is 1.19.